The van der Waals surface area contributed by atoms with Crippen molar-refractivity contribution in [2.24, 2.45) is 5.92 Å². The molecule has 0 aromatic rings. The summed E-state index contributed by atoms with van der Waals surface area (Å²) in [6.45, 7) is 4.11. The topological polar surface area (TPSA) is 29.5 Å². The van der Waals surface area contributed by atoms with E-state index in [0.717, 1.165) is 19.3 Å². The smallest absolute Gasteiger partial charge is 0.136 e. The van der Waals surface area contributed by atoms with Crippen LogP contribution in [0, 0.1) is 5.92 Å². The third-order valence-corrected chi connectivity index (χ3v) is 5.08. The summed E-state index contributed by atoms with van der Waals surface area (Å²) in [6, 6.07) is 1.32. The fourth-order valence-electron chi connectivity index (χ4n) is 3.40. The highest BCUT2D eigenvalue weighted by molar-refractivity contribution is 5.81. The van der Waals surface area contributed by atoms with Crippen molar-refractivity contribution in [1.82, 2.24) is 4.90 Å². The number of carbonyl (C=O) groups is 1. The van der Waals surface area contributed by atoms with Crippen LogP contribution in [-0.2, 0) is 9.53 Å². The fraction of sp³-hybridized carbons (Fsp3) is 0.933. The summed E-state index contributed by atoms with van der Waals surface area (Å²) in [4.78, 5) is 14.8. The van der Waals surface area contributed by atoms with E-state index in [-0.39, 0.29) is 5.60 Å². The lowest BCUT2D eigenvalue weighted by Crippen LogP contribution is -2.42. The molecule has 2 saturated heterocycles. The van der Waals surface area contributed by atoms with Crippen molar-refractivity contribution in [1.29, 1.82) is 0 Å². The van der Waals surface area contributed by atoms with Gasteiger partial charge in [0.2, 0.25) is 0 Å². The molecule has 2 rings (SSSR count). The Balaban J connectivity index is 1.84. The van der Waals surface area contributed by atoms with Gasteiger partial charge in [-0.15, -0.1) is 0 Å². The van der Waals surface area contributed by atoms with Crippen molar-refractivity contribution in [3.05, 3.63) is 0 Å². The molecule has 0 amide bonds. The second-order valence-electron chi connectivity index (χ2n) is 6.65. The number of rotatable bonds is 5. The fourth-order valence-corrected chi connectivity index (χ4v) is 3.40. The Hall–Kier alpha value is -0.410. The van der Waals surface area contributed by atoms with E-state index in [1.54, 1.807) is 7.11 Å². The van der Waals surface area contributed by atoms with Crippen molar-refractivity contribution >= 4 is 5.78 Å². The summed E-state index contributed by atoms with van der Waals surface area (Å²) in [5, 5.41) is 0. The molecule has 3 nitrogen and oxygen atoms in total. The zero-order chi connectivity index (χ0) is 13.3. The van der Waals surface area contributed by atoms with Crippen LogP contribution in [-0.4, -0.2) is 42.5 Å². The molecule has 2 fully saturated rings. The van der Waals surface area contributed by atoms with E-state index in [0.29, 0.717) is 30.2 Å². The number of ketones is 1. The first kappa shape index (κ1) is 14.0. The molecule has 0 saturated carbocycles. The summed E-state index contributed by atoms with van der Waals surface area (Å²) in [5.41, 5.74) is -0.167. The molecule has 2 aliphatic rings. The van der Waals surface area contributed by atoms with Crippen LogP contribution in [0.25, 0.3) is 0 Å². The SMILES string of the molecule is COC(C)(C)CCC(=O)C1CC2CCC(C1)N2C. The molecule has 2 heterocycles. The Morgan fingerprint density at radius 2 is 1.83 bits per heavy atom. The highest BCUT2D eigenvalue weighted by atomic mass is 16.5. The predicted octanol–water partition coefficient (Wildman–Crippen LogP) is 2.63. The van der Waals surface area contributed by atoms with Gasteiger partial charge < -0.3 is 9.64 Å². The monoisotopic (exact) mass is 253 g/mol. The average Bonchev–Trinajstić information content (AvgIpc) is 2.58. The molecule has 0 aromatic heterocycles. The minimum atomic E-state index is -0.167. The van der Waals surface area contributed by atoms with Crippen LogP contribution in [0.1, 0.15) is 52.4 Å². The number of fused-ring (bicyclic) bond motifs is 2. The second-order valence-corrected chi connectivity index (χ2v) is 6.65. The third-order valence-electron chi connectivity index (χ3n) is 5.08. The van der Waals surface area contributed by atoms with Gasteiger partial charge in [0, 0.05) is 31.5 Å². The zero-order valence-electron chi connectivity index (χ0n) is 12.2. The molecule has 3 heteroatoms. The number of methoxy groups -OCH3 is 1. The van der Waals surface area contributed by atoms with Gasteiger partial charge in [0.05, 0.1) is 5.60 Å². The first-order chi connectivity index (χ1) is 8.43. The molecular weight excluding hydrogens is 226 g/mol. The van der Waals surface area contributed by atoms with Crippen molar-refractivity contribution in [2.45, 2.75) is 70.1 Å². The molecule has 104 valence electrons. The maximum absolute atomic E-state index is 12.3. The Labute approximate surface area is 111 Å². The highest BCUT2D eigenvalue weighted by Crippen LogP contribution is 2.38. The van der Waals surface area contributed by atoms with Crippen LogP contribution in [0.4, 0.5) is 0 Å². The van der Waals surface area contributed by atoms with Gasteiger partial charge in [0.25, 0.3) is 0 Å². The molecular formula is C15H27NO2. The summed E-state index contributed by atoms with van der Waals surface area (Å²) in [5.74, 6) is 0.775. The van der Waals surface area contributed by atoms with E-state index in [1.807, 2.05) is 0 Å². The number of Topliss-reactive ketones (excluding diaryl/α,β-unsaturated/α-hetero) is 1. The van der Waals surface area contributed by atoms with Crippen LogP contribution in [0.5, 0.6) is 0 Å². The largest absolute Gasteiger partial charge is 0.379 e. The quantitative estimate of drug-likeness (QED) is 0.754. The van der Waals surface area contributed by atoms with Crippen molar-refractivity contribution in [2.75, 3.05) is 14.2 Å². The number of hydrogen-bond acceptors (Lipinski definition) is 3. The number of nitrogens with zero attached hydrogens (tertiary/aromatic N) is 1. The van der Waals surface area contributed by atoms with Gasteiger partial charge in [-0.3, -0.25) is 4.79 Å². The first-order valence-corrected chi connectivity index (χ1v) is 7.23. The van der Waals surface area contributed by atoms with Gasteiger partial charge in [-0.2, -0.15) is 0 Å². The zero-order valence-corrected chi connectivity index (χ0v) is 12.2. The highest BCUT2D eigenvalue weighted by Gasteiger charge is 2.40. The molecule has 18 heavy (non-hydrogen) atoms. The van der Waals surface area contributed by atoms with Crippen molar-refractivity contribution in [3.63, 3.8) is 0 Å². The van der Waals surface area contributed by atoms with Gasteiger partial charge in [0.15, 0.2) is 0 Å². The summed E-state index contributed by atoms with van der Waals surface area (Å²) in [7, 11) is 3.94. The summed E-state index contributed by atoms with van der Waals surface area (Å²) in [6.07, 6.45) is 6.25. The number of hydrogen-bond donors (Lipinski definition) is 0. The lowest BCUT2D eigenvalue weighted by Gasteiger charge is -2.36. The van der Waals surface area contributed by atoms with Crippen molar-refractivity contribution < 1.29 is 9.53 Å². The second kappa shape index (κ2) is 5.30. The standard InChI is InChI=1S/C15H27NO2/c1-15(2,18-4)8-7-14(17)11-9-12-5-6-13(10-11)16(12)3/h11-13H,5-10H2,1-4H3. The number of piperidine rings is 1. The van der Waals surface area contributed by atoms with Crippen LogP contribution >= 0.6 is 0 Å². The van der Waals surface area contributed by atoms with E-state index in [4.69, 9.17) is 4.74 Å². The molecule has 2 bridgehead atoms. The summed E-state index contributed by atoms with van der Waals surface area (Å²) >= 11 is 0. The molecule has 0 N–H and O–H groups in total. The Bertz CT molecular complexity index is 300. The van der Waals surface area contributed by atoms with Crippen LogP contribution in [0.15, 0.2) is 0 Å². The predicted molar refractivity (Wildman–Crippen MR) is 72.6 cm³/mol. The molecule has 0 aliphatic carbocycles. The molecule has 0 spiro atoms. The van der Waals surface area contributed by atoms with Gasteiger partial charge >= 0.3 is 0 Å². The lowest BCUT2D eigenvalue weighted by atomic mass is 9.85. The summed E-state index contributed by atoms with van der Waals surface area (Å²) < 4.78 is 5.39. The lowest BCUT2D eigenvalue weighted by molar-refractivity contribution is -0.126. The van der Waals surface area contributed by atoms with Gasteiger partial charge in [-0.25, -0.2) is 0 Å². The minimum absolute atomic E-state index is 0.167. The van der Waals surface area contributed by atoms with Gasteiger partial charge in [-0.1, -0.05) is 0 Å². The van der Waals surface area contributed by atoms with E-state index < -0.39 is 0 Å². The van der Waals surface area contributed by atoms with Crippen LogP contribution < -0.4 is 0 Å². The Morgan fingerprint density at radius 3 is 2.33 bits per heavy atom. The van der Waals surface area contributed by atoms with Crippen LogP contribution in [0.2, 0.25) is 0 Å². The molecule has 2 unspecified atom stereocenters. The molecule has 2 atom stereocenters. The van der Waals surface area contributed by atoms with E-state index >= 15 is 0 Å². The third kappa shape index (κ3) is 2.94. The number of carbonyl (C=O) groups excluding carboxylic acids is 1. The normalized spacial score (nSPS) is 32.8. The van der Waals surface area contributed by atoms with Crippen LogP contribution in [0.3, 0.4) is 0 Å². The van der Waals surface area contributed by atoms with E-state index in [1.165, 1.54) is 12.8 Å². The molecule has 0 aromatic carbocycles. The minimum Gasteiger partial charge on any atom is -0.379 e. The first-order valence-electron chi connectivity index (χ1n) is 7.23. The van der Waals surface area contributed by atoms with E-state index in [2.05, 4.69) is 25.8 Å². The molecule has 0 radical (unpaired) electrons. The number of ether oxygens (including phenoxy) is 1. The Morgan fingerprint density at radius 1 is 1.28 bits per heavy atom. The average molecular weight is 253 g/mol. The molecule has 2 aliphatic heterocycles. The maximum atomic E-state index is 12.3. The van der Waals surface area contributed by atoms with E-state index in [9.17, 15) is 4.79 Å². The van der Waals surface area contributed by atoms with Gasteiger partial charge in [0.1, 0.15) is 5.78 Å². The Kier molecular flexibility index (Phi) is 4.12. The van der Waals surface area contributed by atoms with Gasteiger partial charge in [-0.05, 0) is 53.0 Å². The van der Waals surface area contributed by atoms with Crippen molar-refractivity contribution in [3.8, 4) is 0 Å². The maximum Gasteiger partial charge on any atom is 0.136 e.